The normalized spacial score (nSPS) is 17.6. The Kier molecular flexibility index (Phi) is 7.19. The largest absolute Gasteiger partial charge is 0.370 e. The topological polar surface area (TPSA) is 85.9 Å². The van der Waals surface area contributed by atoms with Crippen molar-refractivity contribution in [3.63, 3.8) is 0 Å². The first kappa shape index (κ1) is 23.5. The molecule has 0 atom stereocenters. The van der Waals surface area contributed by atoms with Gasteiger partial charge in [0.25, 0.3) is 5.91 Å². The predicted molar refractivity (Wildman–Crippen MR) is 132 cm³/mol. The number of nitrogens with one attached hydrogen (secondary N) is 1. The Morgan fingerprint density at radius 2 is 1.64 bits per heavy atom. The average Bonchev–Trinajstić information content (AvgIpc) is 2.85. The van der Waals surface area contributed by atoms with Crippen LogP contribution in [0.3, 0.4) is 0 Å². The van der Waals surface area contributed by atoms with E-state index >= 15 is 0 Å². The van der Waals surface area contributed by atoms with Crippen molar-refractivity contribution in [1.29, 1.82) is 0 Å². The summed E-state index contributed by atoms with van der Waals surface area (Å²) in [7, 11) is 0.0103. The number of sulfonamides is 1. The van der Waals surface area contributed by atoms with Crippen LogP contribution in [0.4, 0.5) is 17.2 Å². The van der Waals surface area contributed by atoms with Gasteiger partial charge in [-0.1, -0.05) is 6.42 Å². The minimum absolute atomic E-state index is 0.234. The van der Waals surface area contributed by atoms with Gasteiger partial charge in [0.2, 0.25) is 10.0 Å². The number of piperidine rings is 2. The van der Waals surface area contributed by atoms with E-state index in [1.54, 1.807) is 40.8 Å². The number of amides is 1. The molecular weight excluding hydrogens is 438 g/mol. The van der Waals surface area contributed by atoms with Gasteiger partial charge in [0.1, 0.15) is 4.90 Å². The maximum atomic E-state index is 13.7. The van der Waals surface area contributed by atoms with Gasteiger partial charge in [0.15, 0.2) is 5.82 Å². The first-order chi connectivity index (χ1) is 15.9. The second kappa shape index (κ2) is 10.1. The SMILES string of the molecule is CN(C)c1ncccc1NC(=O)c1ccc(N2CCCCC2)c(S(=O)(=O)N2CCCCC2)c1. The molecule has 0 radical (unpaired) electrons. The summed E-state index contributed by atoms with van der Waals surface area (Å²) < 4.78 is 28.9. The summed E-state index contributed by atoms with van der Waals surface area (Å²) in [4.78, 5) is 21.7. The molecule has 2 fully saturated rings. The summed E-state index contributed by atoms with van der Waals surface area (Å²) in [6.45, 7) is 2.71. The minimum Gasteiger partial charge on any atom is -0.370 e. The zero-order valence-electron chi connectivity index (χ0n) is 19.5. The highest BCUT2D eigenvalue weighted by Gasteiger charge is 2.31. The molecule has 1 aromatic carbocycles. The lowest BCUT2D eigenvalue weighted by Crippen LogP contribution is -2.37. The molecule has 0 aliphatic carbocycles. The van der Waals surface area contributed by atoms with E-state index in [1.165, 1.54) is 0 Å². The van der Waals surface area contributed by atoms with Gasteiger partial charge in [-0.2, -0.15) is 4.31 Å². The molecule has 2 aromatic rings. The van der Waals surface area contributed by atoms with Gasteiger partial charge in [0.05, 0.1) is 11.4 Å². The van der Waals surface area contributed by atoms with Crippen molar-refractivity contribution in [1.82, 2.24) is 9.29 Å². The lowest BCUT2D eigenvalue weighted by atomic mass is 10.1. The number of carbonyl (C=O) groups is 1. The molecule has 1 amide bonds. The minimum atomic E-state index is -3.70. The van der Waals surface area contributed by atoms with Crippen LogP contribution in [0.1, 0.15) is 48.9 Å². The smallest absolute Gasteiger partial charge is 0.255 e. The summed E-state index contributed by atoms with van der Waals surface area (Å²) in [6, 6.07) is 8.62. The van der Waals surface area contributed by atoms with Crippen LogP contribution >= 0.6 is 0 Å². The van der Waals surface area contributed by atoms with Crippen LogP contribution in [-0.4, -0.2) is 63.9 Å². The molecule has 3 heterocycles. The molecule has 8 nitrogen and oxygen atoms in total. The Labute approximate surface area is 196 Å². The standard InChI is InChI=1S/C24H33N5O3S/c1-27(2)23-20(10-9-13-25-23)26-24(30)19-11-12-21(28-14-5-3-6-15-28)22(18-19)33(31,32)29-16-7-4-8-17-29/h9-13,18H,3-8,14-17H2,1-2H3,(H,26,30). The molecule has 0 spiro atoms. The van der Waals surface area contributed by atoms with Crippen LogP contribution in [0.2, 0.25) is 0 Å². The molecule has 0 saturated carbocycles. The molecule has 2 aliphatic heterocycles. The number of aromatic nitrogens is 1. The number of anilines is 3. The van der Waals surface area contributed by atoms with Gasteiger partial charge < -0.3 is 15.1 Å². The van der Waals surface area contributed by atoms with E-state index in [-0.39, 0.29) is 10.8 Å². The summed E-state index contributed by atoms with van der Waals surface area (Å²) in [5.74, 6) is 0.281. The van der Waals surface area contributed by atoms with Crippen LogP contribution in [0.5, 0.6) is 0 Å². The number of rotatable bonds is 6. The number of nitrogens with zero attached hydrogens (tertiary/aromatic N) is 4. The zero-order valence-corrected chi connectivity index (χ0v) is 20.3. The van der Waals surface area contributed by atoms with Crippen molar-refractivity contribution in [2.75, 3.05) is 55.4 Å². The highest BCUT2D eigenvalue weighted by molar-refractivity contribution is 7.89. The van der Waals surface area contributed by atoms with Crippen LogP contribution < -0.4 is 15.1 Å². The van der Waals surface area contributed by atoms with E-state index in [0.717, 1.165) is 51.6 Å². The Hall–Kier alpha value is -2.65. The summed E-state index contributed by atoms with van der Waals surface area (Å²) in [5, 5.41) is 2.90. The zero-order chi connectivity index (χ0) is 23.4. The number of hydrogen-bond donors (Lipinski definition) is 1. The van der Waals surface area contributed by atoms with E-state index in [9.17, 15) is 13.2 Å². The third-order valence-electron chi connectivity index (χ3n) is 6.31. The monoisotopic (exact) mass is 471 g/mol. The second-order valence-corrected chi connectivity index (χ2v) is 10.8. The number of benzene rings is 1. The average molecular weight is 472 g/mol. The molecule has 4 rings (SSSR count). The molecule has 2 saturated heterocycles. The fourth-order valence-corrected chi connectivity index (χ4v) is 6.30. The van der Waals surface area contributed by atoms with Gasteiger partial charge in [-0.05, 0) is 62.4 Å². The Bertz CT molecular complexity index is 1090. The lowest BCUT2D eigenvalue weighted by molar-refractivity contribution is 0.102. The molecule has 2 aliphatic rings. The van der Waals surface area contributed by atoms with Gasteiger partial charge in [-0.3, -0.25) is 4.79 Å². The van der Waals surface area contributed by atoms with Crippen LogP contribution in [0.15, 0.2) is 41.4 Å². The van der Waals surface area contributed by atoms with E-state index in [0.29, 0.717) is 35.8 Å². The van der Waals surface area contributed by atoms with Crippen molar-refractivity contribution in [3.8, 4) is 0 Å². The van der Waals surface area contributed by atoms with Gasteiger partial charge in [-0.25, -0.2) is 13.4 Å². The maximum absolute atomic E-state index is 13.7. The number of hydrogen-bond acceptors (Lipinski definition) is 6. The van der Waals surface area contributed by atoms with Crippen molar-refractivity contribution in [3.05, 3.63) is 42.1 Å². The van der Waals surface area contributed by atoms with E-state index in [4.69, 9.17) is 0 Å². The number of carbonyl (C=O) groups excluding carboxylic acids is 1. The van der Waals surface area contributed by atoms with Crippen molar-refractivity contribution in [2.45, 2.75) is 43.4 Å². The van der Waals surface area contributed by atoms with Crippen LogP contribution in [0, 0.1) is 0 Å². The molecule has 0 unspecified atom stereocenters. The van der Waals surface area contributed by atoms with Crippen LogP contribution in [0.25, 0.3) is 0 Å². The van der Waals surface area contributed by atoms with Crippen molar-refractivity contribution >= 4 is 33.1 Å². The molecule has 0 bridgehead atoms. The van der Waals surface area contributed by atoms with Gasteiger partial charge >= 0.3 is 0 Å². The molecule has 33 heavy (non-hydrogen) atoms. The third-order valence-corrected chi connectivity index (χ3v) is 8.24. The molecule has 9 heteroatoms. The molecule has 178 valence electrons. The van der Waals surface area contributed by atoms with Crippen molar-refractivity contribution < 1.29 is 13.2 Å². The molecular formula is C24H33N5O3S. The fraction of sp³-hybridized carbons (Fsp3) is 0.500. The summed E-state index contributed by atoms with van der Waals surface area (Å²) in [6.07, 6.45) is 7.69. The first-order valence-corrected chi connectivity index (χ1v) is 13.1. The third kappa shape index (κ3) is 5.14. The Balaban J connectivity index is 1.70. The summed E-state index contributed by atoms with van der Waals surface area (Å²) >= 11 is 0. The van der Waals surface area contributed by atoms with Crippen LogP contribution in [-0.2, 0) is 10.0 Å². The Morgan fingerprint density at radius 1 is 0.970 bits per heavy atom. The second-order valence-electron chi connectivity index (χ2n) is 8.92. The highest BCUT2D eigenvalue weighted by atomic mass is 32.2. The first-order valence-electron chi connectivity index (χ1n) is 11.7. The van der Waals surface area contributed by atoms with E-state index < -0.39 is 10.0 Å². The highest BCUT2D eigenvalue weighted by Crippen LogP contribution is 2.33. The maximum Gasteiger partial charge on any atom is 0.255 e. The van der Waals surface area contributed by atoms with E-state index in [1.807, 2.05) is 19.0 Å². The van der Waals surface area contributed by atoms with Crippen molar-refractivity contribution in [2.24, 2.45) is 0 Å². The van der Waals surface area contributed by atoms with Gasteiger partial charge in [0, 0.05) is 52.0 Å². The molecule has 1 aromatic heterocycles. The summed E-state index contributed by atoms with van der Waals surface area (Å²) in [5.41, 5.74) is 1.60. The Morgan fingerprint density at radius 3 is 2.30 bits per heavy atom. The molecule has 1 N–H and O–H groups in total. The quantitative estimate of drug-likeness (QED) is 0.693. The number of pyridine rings is 1. The lowest BCUT2D eigenvalue weighted by Gasteiger charge is -2.33. The predicted octanol–water partition coefficient (Wildman–Crippen LogP) is 3.56. The van der Waals surface area contributed by atoms with E-state index in [2.05, 4.69) is 15.2 Å². The van der Waals surface area contributed by atoms with Gasteiger partial charge in [-0.15, -0.1) is 0 Å². The fourth-order valence-electron chi connectivity index (χ4n) is 4.55.